The van der Waals surface area contributed by atoms with Gasteiger partial charge in [-0.2, -0.15) is 0 Å². The molecule has 6 heteroatoms. The second-order valence-electron chi connectivity index (χ2n) is 5.57. The van der Waals surface area contributed by atoms with Gasteiger partial charge < -0.3 is 10.3 Å². The maximum absolute atomic E-state index is 12.2. The van der Waals surface area contributed by atoms with Crippen LogP contribution in [0.3, 0.4) is 0 Å². The Hall–Kier alpha value is -1.33. The number of halogens is 1. The highest BCUT2D eigenvalue weighted by Gasteiger charge is 2.23. The summed E-state index contributed by atoms with van der Waals surface area (Å²) in [4.78, 5) is 18.5. The number of nitrogens with one attached hydrogen (secondary N) is 1. The molecule has 2 rings (SSSR count). The van der Waals surface area contributed by atoms with E-state index in [1.165, 1.54) is 12.8 Å². The molecule has 1 aliphatic heterocycles. The third-order valence-corrected chi connectivity index (χ3v) is 4.37. The summed E-state index contributed by atoms with van der Waals surface area (Å²) in [6, 6.07) is 3.47. The first kappa shape index (κ1) is 16.0. The van der Waals surface area contributed by atoms with Gasteiger partial charge in [0.2, 0.25) is 5.91 Å². The van der Waals surface area contributed by atoms with Gasteiger partial charge in [-0.3, -0.25) is 4.79 Å². The van der Waals surface area contributed by atoms with Crippen molar-refractivity contribution in [3.05, 3.63) is 22.8 Å². The monoisotopic (exact) mass is 310 g/mol. The lowest BCUT2D eigenvalue weighted by Gasteiger charge is -2.21. The smallest absolute Gasteiger partial charge is 0.222 e. The molecule has 1 saturated heterocycles. The third-order valence-electron chi connectivity index (χ3n) is 4.03. The van der Waals surface area contributed by atoms with Crippen LogP contribution in [-0.4, -0.2) is 22.3 Å². The van der Waals surface area contributed by atoms with Gasteiger partial charge in [-0.1, -0.05) is 31.4 Å². The van der Waals surface area contributed by atoms with Crippen LogP contribution < -0.4 is 11.3 Å². The highest BCUT2D eigenvalue weighted by atomic mass is 35.5. The molecule has 0 radical (unpaired) electrons. The second-order valence-corrected chi connectivity index (χ2v) is 5.97. The predicted octanol–water partition coefficient (Wildman–Crippen LogP) is 2.95. The Morgan fingerprint density at radius 1 is 1.48 bits per heavy atom. The Bertz CT molecular complexity index is 495. The molecule has 0 saturated carbocycles. The van der Waals surface area contributed by atoms with Crippen molar-refractivity contribution in [3.8, 4) is 0 Å². The zero-order chi connectivity index (χ0) is 15.2. The fourth-order valence-corrected chi connectivity index (χ4v) is 2.98. The van der Waals surface area contributed by atoms with E-state index in [2.05, 4.69) is 17.3 Å². The minimum atomic E-state index is 0.192. The number of nitrogen functional groups attached to an aromatic ring is 1. The summed E-state index contributed by atoms with van der Waals surface area (Å²) in [5, 5.41) is 0.566. The number of likely N-dealkylation sites (tertiary alicyclic amines) is 1. The van der Waals surface area contributed by atoms with E-state index in [-0.39, 0.29) is 5.91 Å². The number of anilines is 1. The topological polar surface area (TPSA) is 71.2 Å². The van der Waals surface area contributed by atoms with Crippen LogP contribution in [0, 0.1) is 5.92 Å². The Labute approximate surface area is 130 Å². The molecule has 21 heavy (non-hydrogen) atoms. The number of hydrazine groups is 1. The number of aromatic nitrogens is 1. The largest absolute Gasteiger partial charge is 0.337 e. The maximum Gasteiger partial charge on any atom is 0.222 e. The molecule has 3 N–H and O–H groups in total. The average molecular weight is 311 g/mol. The van der Waals surface area contributed by atoms with Gasteiger partial charge in [-0.15, -0.1) is 0 Å². The molecule has 0 bridgehead atoms. The van der Waals surface area contributed by atoms with Crippen molar-refractivity contribution in [3.63, 3.8) is 0 Å². The van der Waals surface area contributed by atoms with Gasteiger partial charge in [0, 0.05) is 13.0 Å². The molecular formula is C15H23ClN4O. The molecule has 1 aromatic rings. The standard InChI is InChI=1S/C15H23ClN4O/c1-2-3-11-4-7-15(21)20(9-8-11)10-13-12(16)5-6-14(18-13)19-17/h5-6,11H,2-4,7-10,17H2,1H3,(H,18,19). The highest BCUT2D eigenvalue weighted by Crippen LogP contribution is 2.25. The lowest BCUT2D eigenvalue weighted by Crippen LogP contribution is -2.30. The maximum atomic E-state index is 12.2. The van der Waals surface area contributed by atoms with Crippen molar-refractivity contribution in [1.82, 2.24) is 9.88 Å². The first-order valence-electron chi connectivity index (χ1n) is 7.53. The number of hydrogen-bond donors (Lipinski definition) is 2. The van der Waals surface area contributed by atoms with Crippen LogP contribution in [0.4, 0.5) is 5.82 Å². The zero-order valence-electron chi connectivity index (χ0n) is 12.4. The lowest BCUT2D eigenvalue weighted by atomic mass is 9.96. The molecule has 1 unspecified atom stereocenters. The Morgan fingerprint density at radius 2 is 2.29 bits per heavy atom. The fourth-order valence-electron chi connectivity index (χ4n) is 2.81. The number of nitrogens with two attached hydrogens (primary N) is 1. The number of nitrogens with zero attached hydrogens (tertiary/aromatic N) is 2. The first-order chi connectivity index (χ1) is 10.1. The van der Waals surface area contributed by atoms with Gasteiger partial charge in [0.15, 0.2) is 0 Å². The van der Waals surface area contributed by atoms with Crippen molar-refractivity contribution < 1.29 is 4.79 Å². The number of carbonyl (C=O) groups excluding carboxylic acids is 1. The molecule has 116 valence electrons. The van der Waals surface area contributed by atoms with Gasteiger partial charge >= 0.3 is 0 Å². The van der Waals surface area contributed by atoms with E-state index in [0.29, 0.717) is 35.4 Å². The summed E-state index contributed by atoms with van der Waals surface area (Å²) in [6.07, 6.45) is 5.06. The number of amides is 1. The minimum absolute atomic E-state index is 0.192. The first-order valence-corrected chi connectivity index (χ1v) is 7.91. The number of carbonyl (C=O) groups is 1. The lowest BCUT2D eigenvalue weighted by molar-refractivity contribution is -0.131. The summed E-state index contributed by atoms with van der Waals surface area (Å²) < 4.78 is 0. The molecule has 1 aromatic heterocycles. The summed E-state index contributed by atoms with van der Waals surface area (Å²) >= 11 is 6.17. The molecule has 1 fully saturated rings. The molecule has 2 heterocycles. The fraction of sp³-hybridized carbons (Fsp3) is 0.600. The minimum Gasteiger partial charge on any atom is -0.337 e. The summed E-state index contributed by atoms with van der Waals surface area (Å²) in [5.74, 6) is 6.77. The van der Waals surface area contributed by atoms with Gasteiger partial charge in [-0.05, 0) is 30.9 Å². The van der Waals surface area contributed by atoms with Gasteiger partial charge in [0.25, 0.3) is 0 Å². The third kappa shape index (κ3) is 4.32. The zero-order valence-corrected chi connectivity index (χ0v) is 13.2. The van der Waals surface area contributed by atoms with E-state index in [9.17, 15) is 4.79 Å². The van der Waals surface area contributed by atoms with Crippen molar-refractivity contribution in [2.24, 2.45) is 11.8 Å². The van der Waals surface area contributed by atoms with Gasteiger partial charge in [0.05, 0.1) is 17.3 Å². The predicted molar refractivity (Wildman–Crippen MR) is 84.7 cm³/mol. The molecule has 1 aliphatic rings. The van der Waals surface area contributed by atoms with Crippen molar-refractivity contribution in [2.75, 3.05) is 12.0 Å². The molecule has 1 atom stereocenters. The van der Waals surface area contributed by atoms with Crippen molar-refractivity contribution in [2.45, 2.75) is 45.6 Å². The summed E-state index contributed by atoms with van der Waals surface area (Å²) in [6.45, 7) is 3.42. The van der Waals surface area contributed by atoms with Gasteiger partial charge in [0.1, 0.15) is 5.82 Å². The average Bonchev–Trinajstić information content (AvgIpc) is 2.65. The summed E-state index contributed by atoms with van der Waals surface area (Å²) in [5.41, 5.74) is 3.20. The van der Waals surface area contributed by atoms with Crippen LogP contribution in [0.5, 0.6) is 0 Å². The van der Waals surface area contributed by atoms with Gasteiger partial charge in [-0.25, -0.2) is 10.8 Å². The molecule has 0 aliphatic carbocycles. The van der Waals surface area contributed by atoms with E-state index in [1.807, 2.05) is 4.90 Å². The molecule has 0 aromatic carbocycles. The Morgan fingerprint density at radius 3 is 3.00 bits per heavy atom. The number of hydrogen-bond acceptors (Lipinski definition) is 4. The van der Waals surface area contributed by atoms with Crippen LogP contribution in [0.2, 0.25) is 5.02 Å². The van der Waals surface area contributed by atoms with Crippen LogP contribution in [-0.2, 0) is 11.3 Å². The van der Waals surface area contributed by atoms with Crippen LogP contribution in [0.15, 0.2) is 12.1 Å². The molecule has 1 amide bonds. The number of rotatable bonds is 5. The normalized spacial score (nSPS) is 19.5. The van der Waals surface area contributed by atoms with E-state index in [4.69, 9.17) is 17.4 Å². The van der Waals surface area contributed by atoms with Crippen LogP contribution in [0.1, 0.15) is 44.7 Å². The van der Waals surface area contributed by atoms with E-state index >= 15 is 0 Å². The van der Waals surface area contributed by atoms with Crippen LogP contribution in [0.25, 0.3) is 0 Å². The SMILES string of the molecule is CCCC1CCC(=O)N(Cc2nc(NN)ccc2Cl)CC1. The highest BCUT2D eigenvalue weighted by molar-refractivity contribution is 6.31. The quantitative estimate of drug-likeness (QED) is 0.648. The van der Waals surface area contributed by atoms with E-state index in [0.717, 1.165) is 19.4 Å². The molecular weight excluding hydrogens is 288 g/mol. The van der Waals surface area contributed by atoms with E-state index < -0.39 is 0 Å². The van der Waals surface area contributed by atoms with E-state index in [1.54, 1.807) is 12.1 Å². The molecule has 0 spiro atoms. The Kier molecular flexibility index (Phi) is 5.82. The number of pyridine rings is 1. The second kappa shape index (κ2) is 7.61. The van der Waals surface area contributed by atoms with Crippen molar-refractivity contribution in [1.29, 1.82) is 0 Å². The van der Waals surface area contributed by atoms with Crippen molar-refractivity contribution >= 4 is 23.3 Å². The van der Waals surface area contributed by atoms with Crippen LogP contribution >= 0.6 is 11.6 Å². The Balaban J connectivity index is 2.06. The molecule has 5 nitrogen and oxygen atoms in total. The summed E-state index contributed by atoms with van der Waals surface area (Å²) in [7, 11) is 0.